The summed E-state index contributed by atoms with van der Waals surface area (Å²) >= 11 is 0. The van der Waals surface area contributed by atoms with Crippen molar-refractivity contribution in [2.24, 2.45) is 10.9 Å². The van der Waals surface area contributed by atoms with Crippen LogP contribution in [0.1, 0.15) is 61.8 Å². The van der Waals surface area contributed by atoms with Crippen molar-refractivity contribution in [3.63, 3.8) is 0 Å². The molecule has 0 amide bonds. The van der Waals surface area contributed by atoms with Gasteiger partial charge in [0, 0.05) is 58.1 Å². The second-order valence-electron chi connectivity index (χ2n) is 15.7. The molecule has 0 saturated carbocycles. The maximum atomic E-state index is 5.48. The Bertz CT molecular complexity index is 2530. The van der Waals surface area contributed by atoms with Gasteiger partial charge in [0.1, 0.15) is 0 Å². The summed E-state index contributed by atoms with van der Waals surface area (Å²) in [5.74, 6) is 3.48. The first-order valence-corrected chi connectivity index (χ1v) is 19.4. The molecule has 55 heavy (non-hydrogen) atoms. The molecule has 5 aromatic rings. The molecule has 0 spiro atoms. The zero-order chi connectivity index (χ0) is 37.7. The SMILES string of the molecule is C#C/C=C\C=C(/C)N1c2ccc(-c3ccc(N(c4cccc(C5C=NC=CC5C)c4)c4ccc5c(c4)C(C)(C)c4ccccc4-5)cc3)cc2C2C=CC=CC21. The Hall–Kier alpha value is -6.37. The van der Waals surface area contributed by atoms with Crippen LogP contribution in [0, 0.1) is 18.3 Å². The zero-order valence-electron chi connectivity index (χ0n) is 31.9. The Labute approximate surface area is 326 Å². The summed E-state index contributed by atoms with van der Waals surface area (Å²) in [6.45, 7) is 9.13. The largest absolute Gasteiger partial charge is 0.337 e. The minimum absolute atomic E-state index is 0.0994. The van der Waals surface area contributed by atoms with Crippen LogP contribution in [0.2, 0.25) is 0 Å². The van der Waals surface area contributed by atoms with Gasteiger partial charge in [-0.25, -0.2) is 0 Å². The number of nitrogens with zero attached hydrogens (tertiary/aromatic N) is 3. The highest BCUT2D eigenvalue weighted by molar-refractivity contribution is 5.86. The van der Waals surface area contributed by atoms with Crippen LogP contribution in [-0.4, -0.2) is 12.3 Å². The van der Waals surface area contributed by atoms with Crippen LogP contribution in [0.15, 0.2) is 175 Å². The fraction of sp³-hybridized carbons (Fsp3) is 0.173. The van der Waals surface area contributed by atoms with E-state index in [9.17, 15) is 0 Å². The summed E-state index contributed by atoms with van der Waals surface area (Å²) in [6, 6.07) is 41.2. The molecule has 0 fully saturated rings. The van der Waals surface area contributed by atoms with Crippen molar-refractivity contribution in [1.82, 2.24) is 0 Å². The molecule has 5 aromatic carbocycles. The van der Waals surface area contributed by atoms with Gasteiger partial charge in [-0.3, -0.25) is 4.99 Å². The summed E-state index contributed by atoms with van der Waals surface area (Å²) < 4.78 is 0. The van der Waals surface area contributed by atoms with Gasteiger partial charge in [-0.1, -0.05) is 124 Å². The Morgan fingerprint density at radius 2 is 1.53 bits per heavy atom. The van der Waals surface area contributed by atoms with Crippen LogP contribution in [-0.2, 0) is 5.41 Å². The first-order valence-electron chi connectivity index (χ1n) is 19.4. The molecule has 0 radical (unpaired) electrons. The third kappa shape index (κ3) is 5.90. The van der Waals surface area contributed by atoms with E-state index in [-0.39, 0.29) is 23.3 Å². The molecule has 4 atom stereocenters. The number of hydrogen-bond donors (Lipinski definition) is 0. The molecule has 2 heterocycles. The molecule has 9 rings (SSSR count). The van der Waals surface area contributed by atoms with Crippen LogP contribution in [0.5, 0.6) is 0 Å². The van der Waals surface area contributed by atoms with Crippen LogP contribution in [0.25, 0.3) is 22.3 Å². The van der Waals surface area contributed by atoms with Gasteiger partial charge in [0.15, 0.2) is 0 Å². The maximum Gasteiger partial charge on any atom is 0.0626 e. The molecule has 268 valence electrons. The normalized spacial score (nSPS) is 21.3. The lowest BCUT2D eigenvalue weighted by Crippen LogP contribution is -2.31. The molecule has 0 bridgehead atoms. The van der Waals surface area contributed by atoms with E-state index in [1.165, 1.54) is 55.9 Å². The maximum absolute atomic E-state index is 5.48. The van der Waals surface area contributed by atoms with E-state index in [4.69, 9.17) is 6.42 Å². The molecule has 4 unspecified atom stereocenters. The first-order chi connectivity index (χ1) is 26.8. The number of fused-ring (bicyclic) bond motifs is 6. The van der Waals surface area contributed by atoms with Gasteiger partial charge < -0.3 is 9.80 Å². The molecular formula is C52H45N3. The van der Waals surface area contributed by atoms with Crippen LogP contribution in [0.4, 0.5) is 22.7 Å². The number of hydrogen-bond acceptors (Lipinski definition) is 3. The van der Waals surface area contributed by atoms with E-state index in [0.717, 1.165) is 17.1 Å². The fourth-order valence-electron chi connectivity index (χ4n) is 9.18. The second-order valence-corrected chi connectivity index (χ2v) is 15.7. The van der Waals surface area contributed by atoms with Gasteiger partial charge in [0.25, 0.3) is 0 Å². The van der Waals surface area contributed by atoms with Crippen molar-refractivity contribution in [3.8, 4) is 34.6 Å². The molecular weight excluding hydrogens is 667 g/mol. The second kappa shape index (κ2) is 13.8. The third-order valence-electron chi connectivity index (χ3n) is 12.0. The average Bonchev–Trinajstić information content (AvgIpc) is 3.66. The predicted octanol–water partition coefficient (Wildman–Crippen LogP) is 12.9. The lowest BCUT2D eigenvalue weighted by molar-refractivity contribution is 0.660. The van der Waals surface area contributed by atoms with E-state index in [1.54, 1.807) is 6.08 Å². The van der Waals surface area contributed by atoms with Crippen molar-refractivity contribution < 1.29 is 0 Å². The zero-order valence-corrected chi connectivity index (χ0v) is 31.9. The van der Waals surface area contributed by atoms with Gasteiger partial charge in [-0.05, 0) is 118 Å². The minimum Gasteiger partial charge on any atom is -0.337 e. The van der Waals surface area contributed by atoms with Gasteiger partial charge in [-0.2, -0.15) is 0 Å². The van der Waals surface area contributed by atoms with Gasteiger partial charge in [0.05, 0.1) is 6.04 Å². The molecule has 4 aliphatic rings. The highest BCUT2D eigenvalue weighted by Gasteiger charge is 2.38. The molecule has 3 heteroatoms. The standard InChI is InChI=1S/C52H45N3/c1-6-7-8-14-36(3)54-50-20-12-10-18-45(50)46-32-38(23-28-51(46)54)37-21-24-40(25-22-37)55(41-16-13-15-39(31-41)47-34-53-30-29-35(47)2)42-26-27-44-43-17-9-11-19-48(43)52(4,5)49(44)33-42/h1,7-35,45,47,50H,2-5H3/b8-7-,36-14+. The average molecular weight is 712 g/mol. The Morgan fingerprint density at radius 3 is 2.36 bits per heavy atom. The highest BCUT2D eigenvalue weighted by atomic mass is 15.2. The number of anilines is 4. The summed E-state index contributed by atoms with van der Waals surface area (Å²) in [7, 11) is 0. The smallest absolute Gasteiger partial charge is 0.0626 e. The van der Waals surface area contributed by atoms with Crippen molar-refractivity contribution in [2.75, 3.05) is 9.80 Å². The van der Waals surface area contributed by atoms with Gasteiger partial charge in [-0.15, -0.1) is 6.42 Å². The number of terminal acetylenes is 1. The first kappa shape index (κ1) is 34.4. The Kier molecular flexibility index (Phi) is 8.63. The van der Waals surface area contributed by atoms with Crippen LogP contribution in [0.3, 0.4) is 0 Å². The van der Waals surface area contributed by atoms with Crippen molar-refractivity contribution in [2.45, 2.75) is 51.0 Å². The van der Waals surface area contributed by atoms with E-state index in [2.05, 4.69) is 200 Å². The Morgan fingerprint density at radius 1 is 0.764 bits per heavy atom. The molecule has 0 N–H and O–H groups in total. The third-order valence-corrected chi connectivity index (χ3v) is 12.0. The molecule has 2 aliphatic carbocycles. The van der Waals surface area contributed by atoms with Crippen molar-refractivity contribution in [1.29, 1.82) is 0 Å². The lowest BCUT2D eigenvalue weighted by Gasteiger charge is -2.29. The quantitative estimate of drug-likeness (QED) is 0.124. The number of rotatable bonds is 7. The highest BCUT2D eigenvalue weighted by Crippen LogP contribution is 2.51. The summed E-state index contributed by atoms with van der Waals surface area (Å²) in [6.07, 6.45) is 26.5. The minimum atomic E-state index is -0.0994. The van der Waals surface area contributed by atoms with Gasteiger partial charge >= 0.3 is 0 Å². The topological polar surface area (TPSA) is 18.8 Å². The van der Waals surface area contributed by atoms with E-state index in [1.807, 2.05) is 12.3 Å². The van der Waals surface area contributed by atoms with E-state index in [0.29, 0.717) is 5.92 Å². The fourth-order valence-corrected chi connectivity index (χ4v) is 9.18. The monoisotopic (exact) mass is 711 g/mol. The van der Waals surface area contributed by atoms with Crippen LogP contribution >= 0.6 is 0 Å². The molecule has 0 saturated heterocycles. The number of aliphatic imine (C=N–C) groups is 1. The molecule has 3 nitrogen and oxygen atoms in total. The predicted molar refractivity (Wildman–Crippen MR) is 233 cm³/mol. The van der Waals surface area contributed by atoms with Crippen molar-refractivity contribution in [3.05, 3.63) is 192 Å². The molecule has 0 aromatic heterocycles. The lowest BCUT2D eigenvalue weighted by atomic mass is 9.82. The van der Waals surface area contributed by atoms with E-state index >= 15 is 0 Å². The summed E-state index contributed by atoms with van der Waals surface area (Å²) in [5, 5.41) is 0. The van der Waals surface area contributed by atoms with Crippen LogP contribution < -0.4 is 9.80 Å². The van der Waals surface area contributed by atoms with Gasteiger partial charge in [0.2, 0.25) is 0 Å². The number of allylic oxidation sites excluding steroid dienone is 7. The van der Waals surface area contributed by atoms with E-state index < -0.39 is 0 Å². The number of benzene rings is 5. The summed E-state index contributed by atoms with van der Waals surface area (Å²) in [4.78, 5) is 9.38. The van der Waals surface area contributed by atoms with Crippen molar-refractivity contribution >= 4 is 29.0 Å². The molecule has 2 aliphatic heterocycles. The summed E-state index contributed by atoms with van der Waals surface area (Å²) in [5.41, 5.74) is 16.1. The Balaban J connectivity index is 1.11.